The molecule has 6 heteroatoms. The van der Waals surface area contributed by atoms with Gasteiger partial charge in [0.05, 0.1) is 22.9 Å². The van der Waals surface area contributed by atoms with E-state index in [1.807, 2.05) is 19.1 Å². The number of carbonyl (C=O) groups excluding carboxylic acids is 1. The summed E-state index contributed by atoms with van der Waals surface area (Å²) >= 11 is 1.57. The number of rotatable bonds is 6. The van der Waals surface area contributed by atoms with E-state index in [1.54, 1.807) is 17.4 Å². The van der Waals surface area contributed by atoms with Crippen LogP contribution >= 0.6 is 11.3 Å². The van der Waals surface area contributed by atoms with Crippen molar-refractivity contribution in [3.05, 3.63) is 47.3 Å². The average molecular weight is 372 g/mol. The summed E-state index contributed by atoms with van der Waals surface area (Å²) in [6.07, 6.45) is 0.901. The molecular weight excluding hydrogens is 346 g/mol. The molecule has 0 aliphatic carbocycles. The number of nitrogens with one attached hydrogen (secondary N) is 1. The summed E-state index contributed by atoms with van der Waals surface area (Å²) in [5.41, 5.74) is 3.75. The van der Waals surface area contributed by atoms with Gasteiger partial charge in [-0.1, -0.05) is 31.6 Å². The summed E-state index contributed by atoms with van der Waals surface area (Å²) in [5, 5.41) is 13.4. The highest BCUT2D eigenvalue weighted by Crippen LogP contribution is 2.28. The second kappa shape index (κ2) is 7.60. The summed E-state index contributed by atoms with van der Waals surface area (Å²) in [5.74, 6) is 0.0666. The van der Waals surface area contributed by atoms with Gasteiger partial charge in [-0.2, -0.15) is 0 Å². The van der Waals surface area contributed by atoms with E-state index in [0.29, 0.717) is 5.56 Å². The number of benzene rings is 1. The standard InChI is InChI=1S/C20H25N3O2S/c1-5-12(2)17(11-24)21-19(25)15-8-9-16-18(10-15)26-20(22-16)23-13(3)6-7-14(23)4/h6-10,12,17,24H,5,11H2,1-4H3,(H,21,25)/t12-,17-/m0/s1. The summed E-state index contributed by atoms with van der Waals surface area (Å²) < 4.78 is 3.10. The first kappa shape index (κ1) is 18.6. The third-order valence-corrected chi connectivity index (χ3v) is 5.95. The second-order valence-corrected chi connectivity index (χ2v) is 7.79. The molecule has 0 spiro atoms. The van der Waals surface area contributed by atoms with Gasteiger partial charge in [0.1, 0.15) is 0 Å². The van der Waals surface area contributed by atoms with Crippen molar-refractivity contribution in [3.8, 4) is 5.13 Å². The maximum Gasteiger partial charge on any atom is 0.251 e. The Morgan fingerprint density at radius 1 is 1.27 bits per heavy atom. The quantitative estimate of drug-likeness (QED) is 0.692. The number of amides is 1. The molecule has 1 aromatic carbocycles. The van der Waals surface area contributed by atoms with E-state index in [9.17, 15) is 9.90 Å². The predicted octanol–water partition coefficient (Wildman–Crippen LogP) is 3.84. The van der Waals surface area contributed by atoms with Crippen LogP contribution in [0.5, 0.6) is 0 Å². The molecule has 26 heavy (non-hydrogen) atoms. The normalized spacial score (nSPS) is 13.7. The number of aryl methyl sites for hydroxylation is 2. The van der Waals surface area contributed by atoms with Crippen molar-refractivity contribution in [2.45, 2.75) is 40.2 Å². The molecule has 1 amide bonds. The fourth-order valence-corrected chi connectivity index (χ4v) is 4.15. The number of hydrogen-bond donors (Lipinski definition) is 2. The SMILES string of the molecule is CC[C@H](C)[C@H](CO)NC(=O)c1ccc2nc(-n3c(C)ccc3C)sc2c1. The van der Waals surface area contributed by atoms with Crippen LogP contribution in [-0.2, 0) is 0 Å². The van der Waals surface area contributed by atoms with E-state index >= 15 is 0 Å². The fourth-order valence-electron chi connectivity index (χ4n) is 3.02. The summed E-state index contributed by atoms with van der Waals surface area (Å²) in [7, 11) is 0. The number of hydrogen-bond acceptors (Lipinski definition) is 4. The van der Waals surface area contributed by atoms with Gasteiger partial charge in [0.2, 0.25) is 0 Å². The smallest absolute Gasteiger partial charge is 0.251 e. The van der Waals surface area contributed by atoms with Gasteiger partial charge in [-0.15, -0.1) is 0 Å². The van der Waals surface area contributed by atoms with Gasteiger partial charge in [0.15, 0.2) is 5.13 Å². The average Bonchev–Trinajstić information content (AvgIpc) is 3.20. The first-order chi connectivity index (χ1) is 12.4. The van der Waals surface area contributed by atoms with E-state index in [2.05, 4.69) is 42.8 Å². The number of carbonyl (C=O) groups is 1. The molecule has 0 aliphatic rings. The molecule has 138 valence electrons. The lowest BCUT2D eigenvalue weighted by atomic mass is 9.99. The van der Waals surface area contributed by atoms with Crippen LogP contribution in [0.3, 0.4) is 0 Å². The van der Waals surface area contributed by atoms with E-state index in [0.717, 1.165) is 33.2 Å². The lowest BCUT2D eigenvalue weighted by molar-refractivity contribution is 0.0891. The minimum atomic E-state index is -0.231. The first-order valence-electron chi connectivity index (χ1n) is 8.92. The Labute approximate surface area is 157 Å². The maximum atomic E-state index is 12.6. The van der Waals surface area contributed by atoms with Gasteiger partial charge in [0.25, 0.3) is 5.91 Å². The van der Waals surface area contributed by atoms with E-state index in [-0.39, 0.29) is 24.5 Å². The number of nitrogens with zero attached hydrogens (tertiary/aromatic N) is 2. The molecule has 0 bridgehead atoms. The Morgan fingerprint density at radius 3 is 2.58 bits per heavy atom. The molecule has 2 N–H and O–H groups in total. The van der Waals surface area contributed by atoms with E-state index in [1.165, 1.54) is 0 Å². The number of aliphatic hydroxyl groups excluding tert-OH is 1. The van der Waals surface area contributed by atoms with Crippen molar-refractivity contribution in [1.29, 1.82) is 0 Å². The maximum absolute atomic E-state index is 12.6. The molecule has 2 atom stereocenters. The molecule has 5 nitrogen and oxygen atoms in total. The largest absolute Gasteiger partial charge is 0.394 e. The molecule has 0 saturated carbocycles. The molecule has 2 heterocycles. The Hall–Kier alpha value is -2.18. The monoisotopic (exact) mass is 371 g/mol. The van der Waals surface area contributed by atoms with Crippen LogP contribution < -0.4 is 5.32 Å². The van der Waals surface area contributed by atoms with Crippen LogP contribution in [0.1, 0.15) is 42.0 Å². The van der Waals surface area contributed by atoms with Gasteiger partial charge < -0.3 is 10.4 Å². The van der Waals surface area contributed by atoms with Crippen LogP contribution in [0, 0.1) is 19.8 Å². The van der Waals surface area contributed by atoms with Gasteiger partial charge in [-0.05, 0) is 50.1 Å². The van der Waals surface area contributed by atoms with Crippen molar-refractivity contribution in [2.24, 2.45) is 5.92 Å². The third-order valence-electron chi connectivity index (χ3n) is 4.95. The number of aliphatic hydroxyl groups is 1. The highest BCUT2D eigenvalue weighted by atomic mass is 32.1. The van der Waals surface area contributed by atoms with Crippen LogP contribution in [0.25, 0.3) is 15.3 Å². The number of fused-ring (bicyclic) bond motifs is 1. The predicted molar refractivity (Wildman–Crippen MR) is 106 cm³/mol. The van der Waals surface area contributed by atoms with Gasteiger partial charge in [-0.25, -0.2) is 4.98 Å². The molecule has 3 aromatic rings. The summed E-state index contributed by atoms with van der Waals surface area (Å²) in [4.78, 5) is 17.3. The molecule has 0 aliphatic heterocycles. The lowest BCUT2D eigenvalue weighted by Crippen LogP contribution is -2.41. The van der Waals surface area contributed by atoms with Crippen molar-refractivity contribution < 1.29 is 9.90 Å². The fraction of sp³-hybridized carbons (Fsp3) is 0.400. The van der Waals surface area contributed by atoms with Crippen molar-refractivity contribution in [2.75, 3.05) is 6.61 Å². The zero-order valence-corrected chi connectivity index (χ0v) is 16.4. The Balaban J connectivity index is 1.89. The molecule has 0 fully saturated rings. The van der Waals surface area contributed by atoms with Crippen molar-refractivity contribution in [1.82, 2.24) is 14.9 Å². The highest BCUT2D eigenvalue weighted by Gasteiger charge is 2.19. The number of aromatic nitrogens is 2. The van der Waals surface area contributed by atoms with E-state index in [4.69, 9.17) is 4.98 Å². The highest BCUT2D eigenvalue weighted by molar-refractivity contribution is 7.20. The number of thiazole rings is 1. The van der Waals surface area contributed by atoms with Crippen LogP contribution in [0.2, 0.25) is 0 Å². The Kier molecular flexibility index (Phi) is 5.44. The molecular formula is C20H25N3O2S. The Bertz CT molecular complexity index is 909. The van der Waals surface area contributed by atoms with Crippen molar-refractivity contribution in [3.63, 3.8) is 0 Å². The minimum Gasteiger partial charge on any atom is -0.394 e. The second-order valence-electron chi connectivity index (χ2n) is 6.78. The molecule has 2 aromatic heterocycles. The molecule has 0 saturated heterocycles. The molecule has 0 radical (unpaired) electrons. The van der Waals surface area contributed by atoms with Crippen LogP contribution in [-0.4, -0.2) is 33.2 Å². The summed E-state index contributed by atoms with van der Waals surface area (Å²) in [6, 6.07) is 9.47. The lowest BCUT2D eigenvalue weighted by Gasteiger charge is -2.22. The zero-order chi connectivity index (χ0) is 18.8. The van der Waals surface area contributed by atoms with Crippen molar-refractivity contribution >= 4 is 27.5 Å². The molecule has 3 rings (SSSR count). The van der Waals surface area contributed by atoms with Gasteiger partial charge in [-0.3, -0.25) is 9.36 Å². The van der Waals surface area contributed by atoms with Gasteiger partial charge in [0, 0.05) is 17.0 Å². The van der Waals surface area contributed by atoms with Gasteiger partial charge >= 0.3 is 0 Å². The first-order valence-corrected chi connectivity index (χ1v) is 9.73. The zero-order valence-electron chi connectivity index (χ0n) is 15.6. The minimum absolute atomic E-state index is 0.0557. The third kappa shape index (κ3) is 3.52. The topological polar surface area (TPSA) is 67.2 Å². The van der Waals surface area contributed by atoms with Crippen LogP contribution in [0.15, 0.2) is 30.3 Å². The van der Waals surface area contributed by atoms with Crippen LogP contribution in [0.4, 0.5) is 0 Å². The molecule has 0 unspecified atom stereocenters. The Morgan fingerprint density at radius 2 is 1.96 bits per heavy atom. The van der Waals surface area contributed by atoms with E-state index < -0.39 is 0 Å². The summed E-state index contributed by atoms with van der Waals surface area (Å²) in [6.45, 7) is 8.14.